The number of carbonyl (C=O) groups is 4. The largest absolute Gasteiger partial charge is 0.381 e. The number of benzene rings is 3. The standard InChI is InChI=1S/C49H64FN7O6/c1-6-36(7-2)45(54(8-3)9-4)49(61)57-28-11-13-43(57)47(59)53-40-22-16-35(17-23-40)31-55(41-24-18-38(50)19-25-41)30-34-14-20-39(21-15-34)52-46(58)42-12-10-27-56(42)48(60)44(51-33-62-5)37-26-29-63-32-37/h6-7,14-25,37,42-45,51H,1,8-13,26-33H2,2-5H3,(H,52,58)(H,53,59). The number of likely N-dealkylation sites (tertiary alicyclic amines) is 2. The van der Waals surface area contributed by atoms with Crippen molar-refractivity contribution in [2.24, 2.45) is 5.92 Å². The van der Waals surface area contributed by atoms with Gasteiger partial charge in [-0.3, -0.25) is 29.4 Å². The molecule has 5 atom stereocenters. The Morgan fingerprint density at radius 2 is 1.37 bits per heavy atom. The van der Waals surface area contributed by atoms with Gasteiger partial charge in [0, 0.05) is 62.9 Å². The number of anilines is 3. The minimum absolute atomic E-state index is 0.0186. The number of allylic oxidation sites excluding steroid dienone is 1. The fourth-order valence-corrected chi connectivity index (χ4v) is 9.04. The van der Waals surface area contributed by atoms with Gasteiger partial charge in [0.15, 0.2) is 0 Å². The summed E-state index contributed by atoms with van der Waals surface area (Å²) in [5.41, 5.74) is 4.86. The van der Waals surface area contributed by atoms with E-state index in [1.54, 1.807) is 35.1 Å². The second-order valence-corrected chi connectivity index (χ2v) is 16.4. The summed E-state index contributed by atoms with van der Waals surface area (Å²) in [6.45, 7) is 14.6. The van der Waals surface area contributed by atoms with E-state index >= 15 is 0 Å². The van der Waals surface area contributed by atoms with Crippen LogP contribution < -0.4 is 20.9 Å². The normalized spacial score (nSPS) is 19.8. The molecule has 0 aliphatic carbocycles. The Morgan fingerprint density at radius 3 is 1.83 bits per heavy atom. The van der Waals surface area contributed by atoms with Crippen molar-refractivity contribution < 1.29 is 33.0 Å². The van der Waals surface area contributed by atoms with E-state index in [4.69, 9.17) is 9.47 Å². The monoisotopic (exact) mass is 865 g/mol. The third-order valence-corrected chi connectivity index (χ3v) is 12.5. The Balaban J connectivity index is 1.09. The fourth-order valence-electron chi connectivity index (χ4n) is 9.04. The van der Waals surface area contributed by atoms with Crippen LogP contribution in [0.1, 0.15) is 64.0 Å². The molecule has 4 amide bonds. The van der Waals surface area contributed by atoms with Gasteiger partial charge in [0.05, 0.1) is 19.4 Å². The molecule has 5 unspecified atom stereocenters. The summed E-state index contributed by atoms with van der Waals surface area (Å²) in [4.78, 5) is 62.7. The van der Waals surface area contributed by atoms with Gasteiger partial charge < -0.3 is 34.8 Å². The third-order valence-electron chi connectivity index (χ3n) is 12.5. The van der Waals surface area contributed by atoms with Crippen molar-refractivity contribution in [2.75, 3.05) is 68.8 Å². The maximum absolute atomic E-state index is 14.0. The molecule has 3 heterocycles. The molecule has 0 radical (unpaired) electrons. The smallest absolute Gasteiger partial charge is 0.247 e. The Labute approximate surface area is 371 Å². The zero-order chi connectivity index (χ0) is 44.9. The Kier molecular flexibility index (Phi) is 17.0. The second kappa shape index (κ2) is 22.8. The van der Waals surface area contributed by atoms with Gasteiger partial charge in [-0.05, 0) is 117 Å². The molecule has 3 N–H and O–H groups in total. The minimum Gasteiger partial charge on any atom is -0.381 e. The molecule has 6 rings (SSSR count). The van der Waals surface area contributed by atoms with E-state index < -0.39 is 24.2 Å². The van der Waals surface area contributed by atoms with Crippen molar-refractivity contribution in [3.63, 3.8) is 0 Å². The number of nitrogens with zero attached hydrogens (tertiary/aromatic N) is 4. The number of ether oxygens (including phenoxy) is 2. The van der Waals surface area contributed by atoms with Crippen molar-refractivity contribution in [1.82, 2.24) is 20.0 Å². The van der Waals surface area contributed by atoms with Crippen LogP contribution in [0.15, 0.2) is 97.1 Å². The number of carbonyl (C=O) groups excluding carboxylic acids is 4. The first-order valence-electron chi connectivity index (χ1n) is 22.3. The van der Waals surface area contributed by atoms with Crippen molar-refractivity contribution in [2.45, 2.75) is 90.1 Å². The predicted molar refractivity (Wildman–Crippen MR) is 244 cm³/mol. The highest BCUT2D eigenvalue weighted by molar-refractivity contribution is 5.99. The first-order chi connectivity index (χ1) is 30.6. The van der Waals surface area contributed by atoms with Gasteiger partial charge in [-0.15, -0.1) is 0 Å². The van der Waals surface area contributed by atoms with Crippen LogP contribution in [-0.4, -0.2) is 116 Å². The summed E-state index contributed by atoms with van der Waals surface area (Å²) in [5, 5.41) is 9.29. The molecule has 3 fully saturated rings. The summed E-state index contributed by atoms with van der Waals surface area (Å²) in [5.74, 6) is -0.937. The van der Waals surface area contributed by atoms with Crippen LogP contribution in [0.3, 0.4) is 0 Å². The predicted octanol–water partition coefficient (Wildman–Crippen LogP) is 6.33. The van der Waals surface area contributed by atoms with Gasteiger partial charge in [0.25, 0.3) is 0 Å². The SMILES string of the molecule is C=CC(=CC)C(C(=O)N1CCCC1C(=O)Nc1ccc(CN(Cc2ccc(NC(=O)C3CCCN3C(=O)C(NCOC)C3CCOC3)cc2)c2ccc(F)cc2)cc1)N(CC)CC. The average molecular weight is 866 g/mol. The number of hydrogen-bond donors (Lipinski definition) is 3. The number of amides is 4. The van der Waals surface area contributed by atoms with Crippen LogP contribution in [0.5, 0.6) is 0 Å². The molecular weight excluding hydrogens is 802 g/mol. The van der Waals surface area contributed by atoms with Gasteiger partial charge in [-0.2, -0.15) is 0 Å². The molecule has 0 bridgehead atoms. The van der Waals surface area contributed by atoms with Crippen LogP contribution in [0.4, 0.5) is 21.5 Å². The molecule has 3 aliphatic heterocycles. The number of hydrogen-bond acceptors (Lipinski definition) is 9. The van der Waals surface area contributed by atoms with Crippen LogP contribution in [0, 0.1) is 11.7 Å². The van der Waals surface area contributed by atoms with Gasteiger partial charge in [-0.25, -0.2) is 4.39 Å². The Morgan fingerprint density at radius 1 is 0.825 bits per heavy atom. The maximum atomic E-state index is 14.0. The van der Waals surface area contributed by atoms with Gasteiger partial charge in [0.1, 0.15) is 23.9 Å². The first-order valence-corrected chi connectivity index (χ1v) is 22.3. The summed E-state index contributed by atoms with van der Waals surface area (Å²) >= 11 is 0. The van der Waals surface area contributed by atoms with E-state index in [0.717, 1.165) is 41.6 Å². The average Bonchev–Trinajstić information content (AvgIpc) is 4.12. The molecule has 338 valence electrons. The van der Waals surface area contributed by atoms with E-state index in [-0.39, 0.29) is 42.1 Å². The molecule has 0 spiro atoms. The molecule has 63 heavy (non-hydrogen) atoms. The van der Waals surface area contributed by atoms with E-state index in [1.165, 1.54) is 12.1 Å². The summed E-state index contributed by atoms with van der Waals surface area (Å²) in [6, 6.07) is 19.5. The zero-order valence-corrected chi connectivity index (χ0v) is 37.2. The van der Waals surface area contributed by atoms with Crippen molar-refractivity contribution >= 4 is 40.7 Å². The highest BCUT2D eigenvalue weighted by Crippen LogP contribution is 2.28. The third kappa shape index (κ3) is 11.8. The molecule has 13 nitrogen and oxygen atoms in total. The van der Waals surface area contributed by atoms with E-state index in [0.29, 0.717) is 76.7 Å². The van der Waals surface area contributed by atoms with Gasteiger partial charge in [-0.1, -0.05) is 56.8 Å². The minimum atomic E-state index is -0.578. The molecular formula is C49H64FN7O6. The lowest BCUT2D eigenvalue weighted by Crippen LogP contribution is -2.54. The number of likely N-dealkylation sites (N-methyl/N-ethyl adjacent to an activating group) is 1. The second-order valence-electron chi connectivity index (χ2n) is 16.4. The lowest BCUT2D eigenvalue weighted by Gasteiger charge is -2.34. The molecule has 3 saturated heterocycles. The highest BCUT2D eigenvalue weighted by atomic mass is 19.1. The molecule has 3 aromatic carbocycles. The summed E-state index contributed by atoms with van der Waals surface area (Å²) in [7, 11) is 1.57. The number of halogens is 1. The Bertz CT molecular complexity index is 2040. The summed E-state index contributed by atoms with van der Waals surface area (Å²) < 4.78 is 24.8. The topological polar surface area (TPSA) is 136 Å². The number of methoxy groups -OCH3 is 1. The van der Waals surface area contributed by atoms with Crippen LogP contribution in [0.25, 0.3) is 0 Å². The number of rotatable bonds is 20. The number of nitrogens with one attached hydrogen (secondary N) is 3. The quantitative estimate of drug-likeness (QED) is 0.0880. The molecule has 3 aromatic rings. The fraction of sp³-hybridized carbons (Fsp3) is 0.469. The van der Waals surface area contributed by atoms with Crippen LogP contribution in [-0.2, 0) is 41.7 Å². The van der Waals surface area contributed by atoms with E-state index in [1.807, 2.05) is 75.4 Å². The molecule has 14 heteroatoms. The molecule has 0 aromatic heterocycles. The molecule has 0 saturated carbocycles. The Hall–Kier alpha value is -5.41. The van der Waals surface area contributed by atoms with Crippen LogP contribution >= 0.6 is 0 Å². The first kappa shape index (κ1) is 47.1. The van der Waals surface area contributed by atoms with Crippen molar-refractivity contribution in [3.05, 3.63) is 114 Å². The summed E-state index contributed by atoms with van der Waals surface area (Å²) in [6.07, 6.45) is 7.07. The highest BCUT2D eigenvalue weighted by Gasteiger charge is 2.41. The van der Waals surface area contributed by atoms with Crippen LogP contribution in [0.2, 0.25) is 0 Å². The van der Waals surface area contributed by atoms with E-state index in [2.05, 4.69) is 32.3 Å². The maximum Gasteiger partial charge on any atom is 0.247 e. The van der Waals surface area contributed by atoms with Crippen molar-refractivity contribution in [3.8, 4) is 0 Å². The lowest BCUT2D eigenvalue weighted by molar-refractivity contribution is -0.140. The van der Waals surface area contributed by atoms with Crippen molar-refractivity contribution in [1.29, 1.82) is 0 Å². The van der Waals surface area contributed by atoms with Gasteiger partial charge >= 0.3 is 0 Å². The van der Waals surface area contributed by atoms with Gasteiger partial charge in [0.2, 0.25) is 23.6 Å². The lowest BCUT2D eigenvalue weighted by atomic mass is 9.97. The zero-order valence-electron chi connectivity index (χ0n) is 37.2. The molecule has 3 aliphatic rings. The van der Waals surface area contributed by atoms with E-state index in [9.17, 15) is 23.6 Å².